The van der Waals surface area contributed by atoms with E-state index in [2.05, 4.69) is 10.1 Å². The summed E-state index contributed by atoms with van der Waals surface area (Å²) >= 11 is 1.50. The summed E-state index contributed by atoms with van der Waals surface area (Å²) < 4.78 is 6.87. The maximum atomic E-state index is 5.58. The fraction of sp³-hybridized carbons (Fsp3) is 0.0909. The van der Waals surface area contributed by atoms with Gasteiger partial charge in [0.2, 0.25) is 4.96 Å². The highest BCUT2D eigenvalue weighted by Gasteiger charge is 2.09. The van der Waals surface area contributed by atoms with Crippen LogP contribution in [0.2, 0.25) is 0 Å². The first-order valence-corrected chi connectivity index (χ1v) is 5.84. The molecule has 0 bridgehead atoms. The van der Waals surface area contributed by atoms with Crippen LogP contribution in [-0.4, -0.2) is 21.7 Å². The molecule has 3 rings (SSSR count). The van der Waals surface area contributed by atoms with Gasteiger partial charge in [0.15, 0.2) is 0 Å². The van der Waals surface area contributed by atoms with E-state index in [4.69, 9.17) is 10.5 Å². The Morgan fingerprint density at radius 3 is 3.06 bits per heavy atom. The Morgan fingerprint density at radius 1 is 1.41 bits per heavy atom. The molecule has 0 radical (unpaired) electrons. The van der Waals surface area contributed by atoms with Crippen LogP contribution in [0.3, 0.4) is 0 Å². The van der Waals surface area contributed by atoms with E-state index in [1.54, 1.807) is 17.8 Å². The minimum absolute atomic E-state index is 0.487. The van der Waals surface area contributed by atoms with Crippen LogP contribution < -0.4 is 10.5 Å². The highest BCUT2D eigenvalue weighted by molar-refractivity contribution is 7.19. The zero-order valence-corrected chi connectivity index (χ0v) is 9.94. The number of hydrogen-bond donors (Lipinski definition) is 1. The third-order valence-corrected chi connectivity index (χ3v) is 3.35. The van der Waals surface area contributed by atoms with E-state index >= 15 is 0 Å². The van der Waals surface area contributed by atoms with Crippen LogP contribution >= 0.6 is 11.3 Å². The summed E-state index contributed by atoms with van der Waals surface area (Å²) in [4.78, 5) is 4.96. The zero-order valence-electron chi connectivity index (χ0n) is 9.12. The minimum Gasteiger partial charge on any atom is -0.497 e. The topological polar surface area (TPSA) is 65.4 Å². The van der Waals surface area contributed by atoms with Gasteiger partial charge in [0.05, 0.1) is 13.3 Å². The molecule has 5 nitrogen and oxygen atoms in total. The molecule has 0 saturated heterocycles. The molecule has 3 aromatic rings. The molecule has 0 saturated carbocycles. The number of nitrogens with two attached hydrogens (primary N) is 1. The molecule has 0 amide bonds. The van der Waals surface area contributed by atoms with Crippen LogP contribution in [0.4, 0.5) is 5.82 Å². The number of imidazole rings is 1. The molecule has 17 heavy (non-hydrogen) atoms. The Labute approximate surface area is 101 Å². The highest BCUT2D eigenvalue weighted by Crippen LogP contribution is 2.28. The lowest BCUT2D eigenvalue weighted by atomic mass is 10.2. The van der Waals surface area contributed by atoms with E-state index in [0.717, 1.165) is 21.3 Å². The van der Waals surface area contributed by atoms with Crippen molar-refractivity contribution in [2.45, 2.75) is 0 Å². The number of anilines is 1. The van der Waals surface area contributed by atoms with E-state index < -0.39 is 0 Å². The first kappa shape index (κ1) is 10.1. The summed E-state index contributed by atoms with van der Waals surface area (Å²) in [5.41, 5.74) is 6.60. The van der Waals surface area contributed by atoms with Crippen LogP contribution in [-0.2, 0) is 0 Å². The predicted molar refractivity (Wildman–Crippen MR) is 67.3 cm³/mol. The van der Waals surface area contributed by atoms with Gasteiger partial charge in [-0.15, -0.1) is 0 Å². The summed E-state index contributed by atoms with van der Waals surface area (Å²) in [7, 11) is 1.65. The molecule has 1 aromatic carbocycles. The second-order valence-corrected chi connectivity index (χ2v) is 4.49. The molecule has 6 heteroatoms. The molecule has 0 unspecified atom stereocenters. The fourth-order valence-electron chi connectivity index (χ4n) is 1.59. The number of rotatable bonds is 2. The van der Waals surface area contributed by atoms with Crippen molar-refractivity contribution in [2.24, 2.45) is 0 Å². The molecule has 0 atom stereocenters. The highest BCUT2D eigenvalue weighted by atomic mass is 32.1. The van der Waals surface area contributed by atoms with E-state index in [9.17, 15) is 0 Å². The van der Waals surface area contributed by atoms with E-state index in [-0.39, 0.29) is 0 Å². The molecule has 0 aliphatic carbocycles. The maximum Gasteiger partial charge on any atom is 0.214 e. The van der Waals surface area contributed by atoms with E-state index in [0.29, 0.717) is 5.82 Å². The van der Waals surface area contributed by atoms with Crippen molar-refractivity contribution in [3.63, 3.8) is 0 Å². The Kier molecular flexibility index (Phi) is 2.22. The van der Waals surface area contributed by atoms with Gasteiger partial charge in [-0.3, -0.25) is 0 Å². The number of benzene rings is 1. The van der Waals surface area contributed by atoms with Gasteiger partial charge >= 0.3 is 0 Å². The molecule has 2 N–H and O–H groups in total. The minimum atomic E-state index is 0.487. The molecule has 0 aliphatic rings. The third-order valence-electron chi connectivity index (χ3n) is 2.38. The molecule has 0 fully saturated rings. The van der Waals surface area contributed by atoms with Gasteiger partial charge in [0.25, 0.3) is 0 Å². The maximum absolute atomic E-state index is 5.58. The number of fused-ring (bicyclic) bond motifs is 1. The molecular weight excluding hydrogens is 236 g/mol. The fourth-order valence-corrected chi connectivity index (χ4v) is 2.47. The average Bonchev–Trinajstić information content (AvgIpc) is 2.86. The van der Waals surface area contributed by atoms with Crippen molar-refractivity contribution >= 4 is 22.1 Å². The van der Waals surface area contributed by atoms with Gasteiger partial charge in [-0.1, -0.05) is 23.5 Å². The summed E-state index contributed by atoms with van der Waals surface area (Å²) in [5, 5.41) is 5.31. The number of aromatic nitrogens is 3. The van der Waals surface area contributed by atoms with Crippen molar-refractivity contribution in [1.29, 1.82) is 0 Å². The number of nitrogen functional groups attached to an aromatic ring is 1. The van der Waals surface area contributed by atoms with Gasteiger partial charge in [0.1, 0.15) is 16.6 Å². The van der Waals surface area contributed by atoms with E-state index in [1.807, 2.05) is 24.3 Å². The van der Waals surface area contributed by atoms with E-state index in [1.165, 1.54) is 11.3 Å². The third kappa shape index (κ3) is 1.72. The Morgan fingerprint density at radius 2 is 2.29 bits per heavy atom. The van der Waals surface area contributed by atoms with Crippen LogP contribution in [0.5, 0.6) is 5.75 Å². The molecule has 0 spiro atoms. The monoisotopic (exact) mass is 246 g/mol. The average molecular weight is 246 g/mol. The van der Waals surface area contributed by atoms with Crippen molar-refractivity contribution < 1.29 is 4.74 Å². The van der Waals surface area contributed by atoms with Crippen molar-refractivity contribution in [2.75, 3.05) is 12.8 Å². The van der Waals surface area contributed by atoms with Gasteiger partial charge in [-0.25, -0.2) is 9.50 Å². The lowest BCUT2D eigenvalue weighted by molar-refractivity contribution is 0.415. The summed E-state index contributed by atoms with van der Waals surface area (Å²) in [6.45, 7) is 0. The van der Waals surface area contributed by atoms with Gasteiger partial charge in [0, 0.05) is 5.56 Å². The smallest absolute Gasteiger partial charge is 0.214 e. The second-order valence-electron chi connectivity index (χ2n) is 3.53. The normalized spacial score (nSPS) is 10.9. The quantitative estimate of drug-likeness (QED) is 0.751. The van der Waals surface area contributed by atoms with Crippen molar-refractivity contribution in [3.05, 3.63) is 30.5 Å². The largest absolute Gasteiger partial charge is 0.497 e. The van der Waals surface area contributed by atoms with Crippen LogP contribution in [0, 0.1) is 0 Å². The molecule has 2 aromatic heterocycles. The van der Waals surface area contributed by atoms with Crippen LogP contribution in [0.1, 0.15) is 0 Å². The Bertz CT molecular complexity index is 641. The Hall–Kier alpha value is -2.08. The predicted octanol–water partition coefficient (Wildman–Crippen LogP) is 2.05. The van der Waals surface area contributed by atoms with Crippen LogP contribution in [0.25, 0.3) is 15.5 Å². The molecule has 0 aliphatic heterocycles. The lowest BCUT2D eigenvalue weighted by Gasteiger charge is -2.00. The Balaban J connectivity index is 2.09. The first-order valence-electron chi connectivity index (χ1n) is 5.02. The summed E-state index contributed by atoms with van der Waals surface area (Å²) in [6, 6.07) is 7.78. The van der Waals surface area contributed by atoms with Gasteiger partial charge < -0.3 is 10.5 Å². The summed E-state index contributed by atoms with van der Waals surface area (Å²) in [5.74, 6) is 1.30. The van der Waals surface area contributed by atoms with Crippen molar-refractivity contribution in [1.82, 2.24) is 14.6 Å². The first-order chi connectivity index (χ1) is 8.26. The molecular formula is C11H10N4OS. The number of methoxy groups -OCH3 is 1. The second kappa shape index (κ2) is 3.74. The lowest BCUT2D eigenvalue weighted by Crippen LogP contribution is -1.86. The SMILES string of the molecule is COc1cccc(-c2nn3cc(N)nc3s2)c1. The summed E-state index contributed by atoms with van der Waals surface area (Å²) in [6.07, 6.45) is 1.70. The van der Waals surface area contributed by atoms with Crippen molar-refractivity contribution in [3.8, 4) is 16.3 Å². The number of nitrogens with zero attached hydrogens (tertiary/aromatic N) is 3. The number of ether oxygens (including phenoxy) is 1. The van der Waals surface area contributed by atoms with Gasteiger partial charge in [-0.05, 0) is 12.1 Å². The van der Waals surface area contributed by atoms with Crippen LogP contribution in [0.15, 0.2) is 30.5 Å². The number of hydrogen-bond acceptors (Lipinski definition) is 5. The standard InChI is InChI=1S/C11H10N4OS/c1-16-8-4-2-3-7(5-8)10-14-15-6-9(12)13-11(15)17-10/h2-6H,12H2,1H3. The molecule has 86 valence electrons. The molecule has 2 heterocycles. The zero-order chi connectivity index (χ0) is 11.8. The van der Waals surface area contributed by atoms with Gasteiger partial charge in [-0.2, -0.15) is 5.10 Å².